The van der Waals surface area contributed by atoms with Gasteiger partial charge in [0, 0.05) is 5.02 Å². The number of rotatable bonds is 2. The SMILES string of the molecule is Cc1cc(Cl)c(NC(=O)c2cccc(N)c2O)cc1Cl. The molecule has 20 heavy (non-hydrogen) atoms. The first-order chi connectivity index (χ1) is 9.40. The summed E-state index contributed by atoms with van der Waals surface area (Å²) >= 11 is 12.0. The van der Waals surface area contributed by atoms with E-state index in [0.717, 1.165) is 5.56 Å². The van der Waals surface area contributed by atoms with Crippen molar-refractivity contribution < 1.29 is 9.90 Å². The summed E-state index contributed by atoms with van der Waals surface area (Å²) in [5, 5.41) is 13.2. The van der Waals surface area contributed by atoms with Gasteiger partial charge in [-0.3, -0.25) is 4.79 Å². The number of aromatic hydroxyl groups is 1. The van der Waals surface area contributed by atoms with Crippen LogP contribution in [-0.2, 0) is 0 Å². The fourth-order valence-corrected chi connectivity index (χ4v) is 2.11. The van der Waals surface area contributed by atoms with Crippen LogP contribution in [0.2, 0.25) is 10.0 Å². The molecule has 0 saturated heterocycles. The van der Waals surface area contributed by atoms with E-state index in [-0.39, 0.29) is 17.0 Å². The summed E-state index contributed by atoms with van der Waals surface area (Å²) in [6.07, 6.45) is 0. The maximum Gasteiger partial charge on any atom is 0.259 e. The largest absolute Gasteiger partial charge is 0.505 e. The van der Waals surface area contributed by atoms with Crippen molar-refractivity contribution in [2.75, 3.05) is 11.1 Å². The Balaban J connectivity index is 2.33. The molecule has 0 atom stereocenters. The number of carbonyl (C=O) groups is 1. The van der Waals surface area contributed by atoms with Gasteiger partial charge >= 0.3 is 0 Å². The van der Waals surface area contributed by atoms with Crippen molar-refractivity contribution in [2.45, 2.75) is 6.92 Å². The smallest absolute Gasteiger partial charge is 0.259 e. The summed E-state index contributed by atoms with van der Waals surface area (Å²) < 4.78 is 0. The molecule has 0 spiro atoms. The molecule has 104 valence electrons. The zero-order valence-corrected chi connectivity index (χ0v) is 12.1. The second-order valence-electron chi connectivity index (χ2n) is 4.28. The molecule has 4 N–H and O–H groups in total. The number of anilines is 2. The normalized spacial score (nSPS) is 10.3. The van der Waals surface area contributed by atoms with Crippen molar-refractivity contribution >= 4 is 40.5 Å². The Morgan fingerprint density at radius 2 is 1.95 bits per heavy atom. The second-order valence-corrected chi connectivity index (χ2v) is 5.09. The van der Waals surface area contributed by atoms with Crippen LogP contribution < -0.4 is 11.1 Å². The number of carbonyl (C=O) groups excluding carboxylic acids is 1. The molecule has 6 heteroatoms. The van der Waals surface area contributed by atoms with Crippen LogP contribution in [0.15, 0.2) is 30.3 Å². The van der Waals surface area contributed by atoms with Crippen molar-refractivity contribution in [3.05, 3.63) is 51.5 Å². The number of para-hydroxylation sites is 1. The Bertz CT molecular complexity index is 687. The van der Waals surface area contributed by atoms with Crippen LogP contribution >= 0.6 is 23.2 Å². The standard InChI is InChI=1S/C14H12Cl2N2O2/c1-7-5-10(16)12(6-9(7)15)18-14(20)8-3-2-4-11(17)13(8)19/h2-6,19H,17H2,1H3,(H,18,20). The number of nitrogens with two attached hydrogens (primary N) is 1. The van der Waals surface area contributed by atoms with E-state index < -0.39 is 5.91 Å². The second kappa shape index (κ2) is 5.61. The molecule has 0 radical (unpaired) electrons. The van der Waals surface area contributed by atoms with Crippen LogP contribution in [0.4, 0.5) is 11.4 Å². The van der Waals surface area contributed by atoms with Gasteiger partial charge in [0.25, 0.3) is 5.91 Å². The van der Waals surface area contributed by atoms with Gasteiger partial charge in [-0.1, -0.05) is 29.3 Å². The van der Waals surface area contributed by atoms with Crippen LogP contribution in [-0.4, -0.2) is 11.0 Å². The number of aryl methyl sites for hydroxylation is 1. The fourth-order valence-electron chi connectivity index (χ4n) is 1.68. The summed E-state index contributed by atoms with van der Waals surface area (Å²) in [5.74, 6) is -0.782. The third-order valence-corrected chi connectivity index (χ3v) is 3.53. The lowest BCUT2D eigenvalue weighted by molar-refractivity contribution is 0.102. The van der Waals surface area contributed by atoms with Crippen LogP contribution in [0.25, 0.3) is 0 Å². The third-order valence-electron chi connectivity index (χ3n) is 2.81. The van der Waals surface area contributed by atoms with E-state index in [4.69, 9.17) is 28.9 Å². The number of hydrogen-bond acceptors (Lipinski definition) is 3. The number of phenols is 1. The first kappa shape index (κ1) is 14.5. The van der Waals surface area contributed by atoms with E-state index in [1.54, 1.807) is 18.2 Å². The lowest BCUT2D eigenvalue weighted by Gasteiger charge is -2.11. The molecule has 1 amide bonds. The number of nitrogen functional groups attached to an aromatic ring is 1. The zero-order valence-electron chi connectivity index (χ0n) is 10.6. The first-order valence-corrected chi connectivity index (χ1v) is 6.50. The maximum atomic E-state index is 12.1. The highest BCUT2D eigenvalue weighted by molar-refractivity contribution is 6.36. The van der Waals surface area contributed by atoms with E-state index >= 15 is 0 Å². The molecule has 0 aromatic heterocycles. The Morgan fingerprint density at radius 3 is 2.65 bits per heavy atom. The van der Waals surface area contributed by atoms with Gasteiger partial charge < -0.3 is 16.2 Å². The Hall–Kier alpha value is -1.91. The highest BCUT2D eigenvalue weighted by atomic mass is 35.5. The molecule has 2 aromatic carbocycles. The van der Waals surface area contributed by atoms with Gasteiger partial charge in [0.15, 0.2) is 5.75 Å². The van der Waals surface area contributed by atoms with Gasteiger partial charge in [-0.05, 0) is 36.8 Å². The summed E-state index contributed by atoms with van der Waals surface area (Å²) in [5.41, 5.74) is 6.92. The van der Waals surface area contributed by atoms with Crippen molar-refractivity contribution in [3.63, 3.8) is 0 Å². The summed E-state index contributed by atoms with van der Waals surface area (Å²) in [6, 6.07) is 7.75. The summed E-state index contributed by atoms with van der Waals surface area (Å²) in [6.45, 7) is 1.81. The quantitative estimate of drug-likeness (QED) is 0.582. The van der Waals surface area contributed by atoms with Crippen molar-refractivity contribution in [2.24, 2.45) is 0 Å². The minimum Gasteiger partial charge on any atom is -0.505 e. The van der Waals surface area contributed by atoms with Gasteiger partial charge in [0.1, 0.15) is 0 Å². The Kier molecular flexibility index (Phi) is 4.06. The van der Waals surface area contributed by atoms with Gasteiger partial charge in [0.05, 0.1) is 22.0 Å². The van der Waals surface area contributed by atoms with Gasteiger partial charge in [-0.2, -0.15) is 0 Å². The minimum atomic E-state index is -0.517. The van der Waals surface area contributed by atoms with E-state index in [1.807, 2.05) is 6.92 Å². The predicted octanol–water partition coefficient (Wildman–Crippen LogP) is 3.84. The van der Waals surface area contributed by atoms with Crippen molar-refractivity contribution in [3.8, 4) is 5.75 Å². The lowest BCUT2D eigenvalue weighted by Crippen LogP contribution is -2.13. The van der Waals surface area contributed by atoms with Crippen molar-refractivity contribution in [1.82, 2.24) is 0 Å². The Labute approximate surface area is 126 Å². The number of amides is 1. The third kappa shape index (κ3) is 2.81. The van der Waals surface area contributed by atoms with Crippen LogP contribution in [0, 0.1) is 6.92 Å². The average molecular weight is 311 g/mol. The molecule has 0 aliphatic heterocycles. The van der Waals surface area contributed by atoms with E-state index in [0.29, 0.717) is 15.7 Å². The molecule has 0 heterocycles. The minimum absolute atomic E-state index is 0.0674. The van der Waals surface area contributed by atoms with E-state index in [9.17, 15) is 9.90 Å². The molecular weight excluding hydrogens is 299 g/mol. The average Bonchev–Trinajstić information content (AvgIpc) is 2.39. The highest BCUT2D eigenvalue weighted by Gasteiger charge is 2.15. The molecular formula is C14H12Cl2N2O2. The molecule has 0 aliphatic carbocycles. The first-order valence-electron chi connectivity index (χ1n) is 5.74. The number of nitrogens with one attached hydrogen (secondary N) is 1. The molecule has 0 bridgehead atoms. The fraction of sp³-hybridized carbons (Fsp3) is 0.0714. The van der Waals surface area contributed by atoms with Gasteiger partial charge in [0.2, 0.25) is 0 Å². The lowest BCUT2D eigenvalue weighted by atomic mass is 10.1. The molecule has 0 saturated carbocycles. The van der Waals surface area contributed by atoms with E-state index in [2.05, 4.69) is 5.32 Å². The zero-order chi connectivity index (χ0) is 14.9. The van der Waals surface area contributed by atoms with Crippen LogP contribution in [0.5, 0.6) is 5.75 Å². The van der Waals surface area contributed by atoms with Crippen LogP contribution in [0.3, 0.4) is 0 Å². The van der Waals surface area contributed by atoms with Gasteiger partial charge in [-0.25, -0.2) is 0 Å². The summed E-state index contributed by atoms with van der Waals surface area (Å²) in [4.78, 5) is 12.1. The van der Waals surface area contributed by atoms with Gasteiger partial charge in [-0.15, -0.1) is 0 Å². The molecule has 0 unspecified atom stereocenters. The number of hydrogen-bond donors (Lipinski definition) is 3. The van der Waals surface area contributed by atoms with Crippen molar-refractivity contribution in [1.29, 1.82) is 0 Å². The molecule has 2 aromatic rings. The predicted molar refractivity (Wildman–Crippen MR) is 81.7 cm³/mol. The summed E-state index contributed by atoms with van der Waals surface area (Å²) in [7, 11) is 0. The topological polar surface area (TPSA) is 75.4 Å². The number of halogens is 2. The van der Waals surface area contributed by atoms with E-state index in [1.165, 1.54) is 12.1 Å². The highest BCUT2D eigenvalue weighted by Crippen LogP contribution is 2.30. The number of benzene rings is 2. The number of phenolic OH excluding ortho intramolecular Hbond substituents is 1. The molecule has 2 rings (SSSR count). The maximum absolute atomic E-state index is 12.1. The van der Waals surface area contributed by atoms with Crippen LogP contribution in [0.1, 0.15) is 15.9 Å². The monoisotopic (exact) mass is 310 g/mol. The Morgan fingerprint density at radius 1 is 1.25 bits per heavy atom. The molecule has 4 nitrogen and oxygen atoms in total. The molecule has 0 fully saturated rings. The molecule has 0 aliphatic rings.